The number of nitrogens with one attached hydrogen (secondary N) is 1. The second kappa shape index (κ2) is 7.43. The Morgan fingerprint density at radius 2 is 2.00 bits per heavy atom. The lowest BCUT2D eigenvalue weighted by atomic mass is 10.1. The molecule has 0 spiro atoms. The molecule has 0 aliphatic heterocycles. The average Bonchev–Trinajstić information content (AvgIpc) is 2.51. The fourth-order valence-corrected chi connectivity index (χ4v) is 2.40. The fourth-order valence-electron chi connectivity index (χ4n) is 2.20. The van der Waals surface area contributed by atoms with Gasteiger partial charge in [-0.2, -0.15) is 0 Å². The van der Waals surface area contributed by atoms with E-state index in [1.54, 1.807) is 0 Å². The average molecular weight is 304 g/mol. The summed E-state index contributed by atoms with van der Waals surface area (Å²) in [5.74, 6) is 0.970. The number of pyridine rings is 1. The van der Waals surface area contributed by atoms with Crippen LogP contribution >= 0.6 is 11.6 Å². The van der Waals surface area contributed by atoms with Gasteiger partial charge in [0.1, 0.15) is 5.82 Å². The van der Waals surface area contributed by atoms with E-state index in [1.807, 2.05) is 30.3 Å². The van der Waals surface area contributed by atoms with Gasteiger partial charge in [-0.1, -0.05) is 36.7 Å². The van der Waals surface area contributed by atoms with Gasteiger partial charge in [0.15, 0.2) is 0 Å². The Morgan fingerprint density at radius 3 is 2.71 bits per heavy atom. The highest BCUT2D eigenvalue weighted by atomic mass is 35.5. The van der Waals surface area contributed by atoms with Crippen molar-refractivity contribution in [3.8, 4) is 0 Å². The van der Waals surface area contributed by atoms with Crippen LogP contribution in [-0.4, -0.2) is 18.6 Å². The van der Waals surface area contributed by atoms with Gasteiger partial charge in [0.05, 0.1) is 11.7 Å². The molecule has 4 heteroatoms. The molecule has 1 unspecified atom stereocenters. The zero-order valence-corrected chi connectivity index (χ0v) is 13.6. The van der Waals surface area contributed by atoms with Crippen molar-refractivity contribution in [3.05, 3.63) is 58.7 Å². The molecule has 0 aliphatic carbocycles. The fraction of sp³-hybridized carbons (Fsp3) is 0.353. The Balaban J connectivity index is 2.17. The minimum absolute atomic E-state index is 0.214. The predicted molar refractivity (Wildman–Crippen MR) is 89.9 cm³/mol. The monoisotopic (exact) mass is 303 g/mol. The van der Waals surface area contributed by atoms with Gasteiger partial charge >= 0.3 is 0 Å². The molecule has 0 saturated carbocycles. The van der Waals surface area contributed by atoms with Gasteiger partial charge in [0.2, 0.25) is 0 Å². The second-order valence-corrected chi connectivity index (χ2v) is 5.55. The number of aromatic nitrogens is 1. The van der Waals surface area contributed by atoms with Gasteiger partial charge in [-0.25, -0.2) is 4.98 Å². The summed E-state index contributed by atoms with van der Waals surface area (Å²) < 4.78 is 0. The quantitative estimate of drug-likeness (QED) is 0.873. The molecule has 1 aromatic carbocycles. The summed E-state index contributed by atoms with van der Waals surface area (Å²) in [6, 6.07) is 14.3. The molecule has 2 aromatic rings. The molecule has 1 heterocycles. The zero-order valence-electron chi connectivity index (χ0n) is 12.8. The maximum atomic E-state index is 6.08. The number of hydrogen-bond donors (Lipinski definition) is 1. The van der Waals surface area contributed by atoms with Crippen LogP contribution in [0, 0.1) is 0 Å². The predicted octanol–water partition coefficient (Wildman–Crippen LogP) is 4.04. The van der Waals surface area contributed by atoms with Crippen molar-refractivity contribution in [1.82, 2.24) is 10.3 Å². The van der Waals surface area contributed by atoms with Gasteiger partial charge in [0, 0.05) is 18.6 Å². The van der Waals surface area contributed by atoms with E-state index in [0.717, 1.165) is 29.6 Å². The Labute approximate surface area is 132 Å². The van der Waals surface area contributed by atoms with Crippen LogP contribution in [0.15, 0.2) is 42.5 Å². The van der Waals surface area contributed by atoms with Gasteiger partial charge in [-0.3, -0.25) is 0 Å². The molecular weight excluding hydrogens is 282 g/mol. The molecule has 0 amide bonds. The smallest absolute Gasteiger partial charge is 0.129 e. The Morgan fingerprint density at radius 1 is 1.24 bits per heavy atom. The number of hydrogen-bond acceptors (Lipinski definition) is 3. The maximum Gasteiger partial charge on any atom is 0.129 e. The van der Waals surface area contributed by atoms with Crippen LogP contribution in [0.4, 0.5) is 5.82 Å². The first-order valence-corrected chi connectivity index (χ1v) is 7.64. The molecule has 0 bridgehead atoms. The Kier molecular flexibility index (Phi) is 5.59. The third-order valence-electron chi connectivity index (χ3n) is 3.62. The molecule has 0 aliphatic rings. The van der Waals surface area contributed by atoms with Crippen molar-refractivity contribution in [2.75, 3.05) is 18.5 Å². The normalized spacial score (nSPS) is 12.2. The van der Waals surface area contributed by atoms with E-state index in [-0.39, 0.29) is 6.04 Å². The summed E-state index contributed by atoms with van der Waals surface area (Å²) in [6.07, 6.45) is 0. The first-order valence-electron chi connectivity index (χ1n) is 7.26. The standard InChI is InChI=1S/C17H22ClN3/c1-4-19-12-16-9-6-10-17(20-16)21(3)13(2)14-7-5-8-15(18)11-14/h5-11,13,19H,4,12H2,1-3H3. The largest absolute Gasteiger partial charge is 0.353 e. The summed E-state index contributed by atoms with van der Waals surface area (Å²) >= 11 is 6.08. The third kappa shape index (κ3) is 4.19. The molecule has 0 fully saturated rings. The lowest BCUT2D eigenvalue weighted by Gasteiger charge is -2.27. The van der Waals surface area contributed by atoms with Crippen LogP contribution < -0.4 is 10.2 Å². The molecule has 1 atom stereocenters. The molecule has 21 heavy (non-hydrogen) atoms. The van der Waals surface area contributed by atoms with Crippen molar-refractivity contribution < 1.29 is 0 Å². The van der Waals surface area contributed by atoms with Crippen molar-refractivity contribution in [2.45, 2.75) is 26.4 Å². The van der Waals surface area contributed by atoms with E-state index in [1.165, 1.54) is 5.56 Å². The SMILES string of the molecule is CCNCc1cccc(N(C)C(C)c2cccc(Cl)c2)n1. The third-order valence-corrected chi connectivity index (χ3v) is 3.86. The van der Waals surface area contributed by atoms with Gasteiger partial charge in [0.25, 0.3) is 0 Å². The number of benzene rings is 1. The molecule has 1 aromatic heterocycles. The summed E-state index contributed by atoms with van der Waals surface area (Å²) in [5, 5.41) is 4.07. The number of nitrogens with zero attached hydrogens (tertiary/aromatic N) is 2. The van der Waals surface area contributed by atoms with Crippen LogP contribution in [0.25, 0.3) is 0 Å². The minimum atomic E-state index is 0.214. The van der Waals surface area contributed by atoms with E-state index < -0.39 is 0 Å². The van der Waals surface area contributed by atoms with Crippen LogP contribution in [0.1, 0.15) is 31.1 Å². The van der Waals surface area contributed by atoms with Gasteiger partial charge in [-0.15, -0.1) is 0 Å². The molecule has 3 nitrogen and oxygen atoms in total. The zero-order chi connectivity index (χ0) is 15.2. The highest BCUT2D eigenvalue weighted by molar-refractivity contribution is 6.30. The first kappa shape index (κ1) is 15.8. The molecule has 0 saturated heterocycles. The van der Waals surface area contributed by atoms with Gasteiger partial charge in [-0.05, 0) is 43.3 Å². The van der Waals surface area contributed by atoms with Crippen LogP contribution in [-0.2, 0) is 6.54 Å². The van der Waals surface area contributed by atoms with E-state index in [0.29, 0.717) is 0 Å². The molecular formula is C17H22ClN3. The summed E-state index contributed by atoms with van der Waals surface area (Å²) in [5.41, 5.74) is 2.24. The minimum Gasteiger partial charge on any atom is -0.353 e. The Bertz CT molecular complexity index is 586. The van der Waals surface area contributed by atoms with Crippen molar-refractivity contribution >= 4 is 17.4 Å². The number of anilines is 1. The lowest BCUT2D eigenvalue weighted by Crippen LogP contribution is -2.23. The summed E-state index contributed by atoms with van der Waals surface area (Å²) in [6.45, 7) is 5.99. The van der Waals surface area contributed by atoms with Crippen LogP contribution in [0.2, 0.25) is 5.02 Å². The molecule has 2 rings (SSSR count). The van der Waals surface area contributed by atoms with Crippen molar-refractivity contribution in [2.24, 2.45) is 0 Å². The number of halogens is 1. The highest BCUT2D eigenvalue weighted by Crippen LogP contribution is 2.25. The van der Waals surface area contributed by atoms with Crippen molar-refractivity contribution in [3.63, 3.8) is 0 Å². The van der Waals surface area contributed by atoms with Gasteiger partial charge < -0.3 is 10.2 Å². The summed E-state index contributed by atoms with van der Waals surface area (Å²) in [7, 11) is 2.06. The number of rotatable bonds is 6. The molecule has 1 N–H and O–H groups in total. The molecule has 0 radical (unpaired) electrons. The first-order chi connectivity index (χ1) is 10.1. The van der Waals surface area contributed by atoms with E-state index in [4.69, 9.17) is 16.6 Å². The van der Waals surface area contributed by atoms with Crippen LogP contribution in [0.3, 0.4) is 0 Å². The highest BCUT2D eigenvalue weighted by Gasteiger charge is 2.14. The second-order valence-electron chi connectivity index (χ2n) is 5.11. The summed E-state index contributed by atoms with van der Waals surface area (Å²) in [4.78, 5) is 6.88. The topological polar surface area (TPSA) is 28.2 Å². The van der Waals surface area contributed by atoms with E-state index >= 15 is 0 Å². The Hall–Kier alpha value is -1.58. The van der Waals surface area contributed by atoms with E-state index in [9.17, 15) is 0 Å². The molecule has 112 valence electrons. The van der Waals surface area contributed by atoms with Crippen LogP contribution in [0.5, 0.6) is 0 Å². The maximum absolute atomic E-state index is 6.08. The lowest BCUT2D eigenvalue weighted by molar-refractivity contribution is 0.696. The van der Waals surface area contributed by atoms with Crippen molar-refractivity contribution in [1.29, 1.82) is 0 Å². The van der Waals surface area contributed by atoms with E-state index in [2.05, 4.69) is 43.2 Å².